The van der Waals surface area contributed by atoms with Crippen molar-refractivity contribution in [1.82, 2.24) is 5.32 Å². The molecule has 0 aromatic heterocycles. The molecule has 21 heavy (non-hydrogen) atoms. The van der Waals surface area contributed by atoms with E-state index in [0.29, 0.717) is 4.47 Å². The van der Waals surface area contributed by atoms with Gasteiger partial charge in [-0.05, 0) is 87.2 Å². The first kappa shape index (κ1) is 16.9. The minimum Gasteiger partial charge on any atom is -0.310 e. The van der Waals surface area contributed by atoms with E-state index in [0.717, 1.165) is 24.9 Å². The van der Waals surface area contributed by atoms with Gasteiger partial charge in [0.15, 0.2) is 0 Å². The smallest absolute Gasteiger partial charge is 0.137 e. The monoisotopic (exact) mass is 461 g/mol. The van der Waals surface area contributed by atoms with Crippen molar-refractivity contribution in [1.29, 1.82) is 0 Å². The molecule has 0 aliphatic rings. The number of benzene rings is 2. The maximum absolute atomic E-state index is 13.8. The molecule has 0 amide bonds. The Morgan fingerprint density at radius 1 is 1.19 bits per heavy atom. The molecule has 1 unspecified atom stereocenters. The average molecular weight is 462 g/mol. The van der Waals surface area contributed by atoms with Crippen LogP contribution in [0.3, 0.4) is 0 Å². The van der Waals surface area contributed by atoms with Crippen molar-refractivity contribution in [2.24, 2.45) is 0 Å². The summed E-state index contributed by atoms with van der Waals surface area (Å²) in [7, 11) is 0. The molecule has 0 aliphatic heterocycles. The Hall–Kier alpha value is -0.460. The van der Waals surface area contributed by atoms with Gasteiger partial charge < -0.3 is 5.32 Å². The largest absolute Gasteiger partial charge is 0.310 e. The zero-order chi connectivity index (χ0) is 15.2. The van der Waals surface area contributed by atoms with Crippen LogP contribution in [0.15, 0.2) is 46.9 Å². The predicted molar refractivity (Wildman–Crippen MR) is 98.0 cm³/mol. The lowest BCUT2D eigenvalue weighted by atomic mass is 9.98. The van der Waals surface area contributed by atoms with Crippen LogP contribution in [0.25, 0.3) is 0 Å². The summed E-state index contributed by atoms with van der Waals surface area (Å²) in [6, 6.07) is 13.8. The molecule has 1 N–H and O–H groups in total. The maximum Gasteiger partial charge on any atom is 0.137 e. The highest BCUT2D eigenvalue weighted by Gasteiger charge is 2.16. The van der Waals surface area contributed by atoms with E-state index in [1.807, 2.05) is 6.07 Å². The molecule has 1 nitrogen and oxygen atoms in total. The fraction of sp³-hybridized carbons (Fsp3) is 0.294. The molecular formula is C17H18BrFIN. The van der Waals surface area contributed by atoms with Crippen molar-refractivity contribution in [3.05, 3.63) is 67.5 Å². The van der Waals surface area contributed by atoms with Crippen LogP contribution in [-0.2, 0) is 6.42 Å². The second-order valence-corrected chi connectivity index (χ2v) is 7.02. The lowest BCUT2D eigenvalue weighted by molar-refractivity contribution is 0.521. The Kier molecular flexibility index (Phi) is 6.64. The zero-order valence-electron chi connectivity index (χ0n) is 11.9. The number of hydrogen-bond donors (Lipinski definition) is 1. The summed E-state index contributed by atoms with van der Waals surface area (Å²) in [4.78, 5) is 0. The van der Waals surface area contributed by atoms with Gasteiger partial charge in [0.2, 0.25) is 0 Å². The first-order valence-corrected chi connectivity index (χ1v) is 8.90. The van der Waals surface area contributed by atoms with Crippen LogP contribution in [-0.4, -0.2) is 6.54 Å². The topological polar surface area (TPSA) is 12.0 Å². The summed E-state index contributed by atoms with van der Waals surface area (Å²) < 4.78 is 15.6. The Labute approximate surface area is 147 Å². The second kappa shape index (κ2) is 8.25. The van der Waals surface area contributed by atoms with Crippen molar-refractivity contribution in [3.63, 3.8) is 0 Å². The van der Waals surface area contributed by atoms with Gasteiger partial charge in [0.1, 0.15) is 5.82 Å². The first-order chi connectivity index (χ1) is 10.1. The van der Waals surface area contributed by atoms with Gasteiger partial charge in [0.25, 0.3) is 0 Å². The summed E-state index contributed by atoms with van der Waals surface area (Å²) >= 11 is 5.68. The molecule has 4 heteroatoms. The molecule has 0 aliphatic carbocycles. The Balaban J connectivity index is 2.25. The molecule has 2 aromatic rings. The van der Waals surface area contributed by atoms with E-state index in [9.17, 15) is 4.39 Å². The van der Waals surface area contributed by atoms with Gasteiger partial charge >= 0.3 is 0 Å². The minimum atomic E-state index is -0.210. The van der Waals surface area contributed by atoms with E-state index in [-0.39, 0.29) is 11.9 Å². The van der Waals surface area contributed by atoms with Gasteiger partial charge in [-0.2, -0.15) is 0 Å². The molecule has 112 valence electrons. The molecule has 0 spiro atoms. The van der Waals surface area contributed by atoms with Gasteiger partial charge in [-0.3, -0.25) is 0 Å². The first-order valence-electron chi connectivity index (χ1n) is 7.03. The van der Waals surface area contributed by atoms with Crippen molar-refractivity contribution in [2.45, 2.75) is 25.8 Å². The summed E-state index contributed by atoms with van der Waals surface area (Å²) in [6.07, 6.45) is 1.90. The van der Waals surface area contributed by atoms with Crippen LogP contribution >= 0.6 is 38.5 Å². The SMILES string of the molecule is CCCNC(Cc1ccc(I)cc1)c1cccc(F)c1Br. The van der Waals surface area contributed by atoms with Crippen LogP contribution < -0.4 is 5.32 Å². The summed E-state index contributed by atoms with van der Waals surface area (Å²) in [5.41, 5.74) is 2.22. The van der Waals surface area contributed by atoms with Crippen LogP contribution in [0.4, 0.5) is 4.39 Å². The third-order valence-corrected chi connectivity index (χ3v) is 4.91. The lowest BCUT2D eigenvalue weighted by Crippen LogP contribution is -2.24. The van der Waals surface area contributed by atoms with Crippen molar-refractivity contribution >= 4 is 38.5 Å². The molecule has 0 bridgehead atoms. The third kappa shape index (κ3) is 4.76. The van der Waals surface area contributed by atoms with Crippen LogP contribution in [0.5, 0.6) is 0 Å². The minimum absolute atomic E-state index is 0.107. The summed E-state index contributed by atoms with van der Waals surface area (Å²) in [6.45, 7) is 3.05. The van der Waals surface area contributed by atoms with Gasteiger partial charge in [-0.25, -0.2) is 4.39 Å². The Bertz CT molecular complexity index is 586. The molecule has 0 heterocycles. The molecule has 2 aromatic carbocycles. The normalized spacial score (nSPS) is 12.4. The van der Waals surface area contributed by atoms with E-state index in [1.165, 1.54) is 15.2 Å². The third-order valence-electron chi connectivity index (χ3n) is 3.35. The highest BCUT2D eigenvalue weighted by molar-refractivity contribution is 14.1. The van der Waals surface area contributed by atoms with Gasteiger partial charge in [-0.1, -0.05) is 31.2 Å². The Morgan fingerprint density at radius 3 is 2.57 bits per heavy atom. The fourth-order valence-electron chi connectivity index (χ4n) is 2.26. The highest BCUT2D eigenvalue weighted by atomic mass is 127. The van der Waals surface area contributed by atoms with E-state index in [4.69, 9.17) is 0 Å². The van der Waals surface area contributed by atoms with Crippen LogP contribution in [0.1, 0.15) is 30.5 Å². The average Bonchev–Trinajstić information content (AvgIpc) is 2.48. The molecule has 1 atom stereocenters. The summed E-state index contributed by atoms with van der Waals surface area (Å²) in [5.74, 6) is -0.210. The van der Waals surface area contributed by atoms with E-state index in [2.05, 4.69) is 75.0 Å². The molecule has 0 fully saturated rings. The van der Waals surface area contributed by atoms with Crippen LogP contribution in [0.2, 0.25) is 0 Å². The fourth-order valence-corrected chi connectivity index (χ4v) is 3.16. The van der Waals surface area contributed by atoms with Crippen molar-refractivity contribution < 1.29 is 4.39 Å². The quantitative estimate of drug-likeness (QED) is 0.562. The number of hydrogen-bond acceptors (Lipinski definition) is 1. The van der Waals surface area contributed by atoms with E-state index >= 15 is 0 Å². The van der Waals surface area contributed by atoms with Gasteiger partial charge in [-0.15, -0.1) is 0 Å². The molecule has 0 saturated heterocycles. The molecule has 0 saturated carbocycles. The number of rotatable bonds is 6. The van der Waals surface area contributed by atoms with E-state index < -0.39 is 0 Å². The van der Waals surface area contributed by atoms with Gasteiger partial charge in [0, 0.05) is 9.61 Å². The summed E-state index contributed by atoms with van der Waals surface area (Å²) in [5, 5.41) is 3.52. The second-order valence-electron chi connectivity index (χ2n) is 4.98. The predicted octanol–water partition coefficient (Wildman–Crippen LogP) is 5.48. The number of halogens is 3. The standard InChI is InChI=1S/C17H18BrFIN/c1-2-10-21-16(11-12-6-8-13(20)9-7-12)14-4-3-5-15(19)17(14)18/h3-9,16,21H,2,10-11H2,1H3. The van der Waals surface area contributed by atoms with E-state index in [1.54, 1.807) is 6.07 Å². The molecule has 2 rings (SSSR count). The molecular weight excluding hydrogens is 444 g/mol. The highest BCUT2D eigenvalue weighted by Crippen LogP contribution is 2.28. The lowest BCUT2D eigenvalue weighted by Gasteiger charge is -2.21. The zero-order valence-corrected chi connectivity index (χ0v) is 15.6. The molecule has 0 radical (unpaired) electrons. The van der Waals surface area contributed by atoms with Crippen LogP contribution in [0, 0.1) is 9.39 Å². The van der Waals surface area contributed by atoms with Gasteiger partial charge in [0.05, 0.1) is 4.47 Å². The number of nitrogens with one attached hydrogen (secondary N) is 1. The maximum atomic E-state index is 13.8. The van der Waals surface area contributed by atoms with Crippen molar-refractivity contribution in [2.75, 3.05) is 6.54 Å². The Morgan fingerprint density at radius 2 is 1.90 bits per heavy atom. The van der Waals surface area contributed by atoms with Crippen molar-refractivity contribution in [3.8, 4) is 0 Å².